The highest BCUT2D eigenvalue weighted by molar-refractivity contribution is 6.32. The zero-order valence-corrected chi connectivity index (χ0v) is 9.06. The van der Waals surface area contributed by atoms with Crippen LogP contribution in [-0.4, -0.2) is 12.2 Å². The van der Waals surface area contributed by atoms with Gasteiger partial charge in [-0.05, 0) is 37.5 Å². The summed E-state index contributed by atoms with van der Waals surface area (Å²) in [7, 11) is 1.58. The Morgan fingerprint density at radius 3 is 2.57 bits per heavy atom. The normalized spacial score (nSPS) is 18.0. The third-order valence-electron chi connectivity index (χ3n) is 2.62. The van der Waals surface area contributed by atoms with Crippen LogP contribution in [0, 0.1) is 6.92 Å². The lowest BCUT2D eigenvalue weighted by Crippen LogP contribution is -2.07. The summed E-state index contributed by atoms with van der Waals surface area (Å²) in [5, 5.41) is 10.6. The Hall–Kier alpha value is -0.730. The van der Waals surface area contributed by atoms with E-state index in [0.29, 0.717) is 10.8 Å². The smallest absolute Gasteiger partial charge is 0.143 e. The van der Waals surface area contributed by atoms with Crippen molar-refractivity contribution in [2.24, 2.45) is 0 Å². The van der Waals surface area contributed by atoms with Crippen LogP contribution in [0.15, 0.2) is 12.1 Å². The fourth-order valence-corrected chi connectivity index (χ4v) is 2.02. The Bertz CT molecular complexity index is 370. The minimum atomic E-state index is -0.693. The van der Waals surface area contributed by atoms with Crippen LogP contribution in [0.2, 0.25) is 5.02 Å². The van der Waals surface area contributed by atoms with Gasteiger partial charge in [-0.3, -0.25) is 0 Å². The molecule has 0 saturated heterocycles. The van der Waals surface area contributed by atoms with Gasteiger partial charge in [0.2, 0.25) is 0 Å². The van der Waals surface area contributed by atoms with Gasteiger partial charge in [0.1, 0.15) is 5.75 Å². The Morgan fingerprint density at radius 1 is 1.43 bits per heavy atom. The van der Waals surface area contributed by atoms with Crippen molar-refractivity contribution in [1.82, 2.24) is 0 Å². The van der Waals surface area contributed by atoms with Crippen molar-refractivity contribution in [3.63, 3.8) is 0 Å². The highest BCUT2D eigenvalue weighted by Gasteiger charge is 2.44. The average molecular weight is 213 g/mol. The molecule has 1 aliphatic rings. The van der Waals surface area contributed by atoms with E-state index in [2.05, 4.69) is 0 Å². The summed E-state index contributed by atoms with van der Waals surface area (Å²) in [4.78, 5) is 0. The monoisotopic (exact) mass is 212 g/mol. The minimum absolute atomic E-state index is 0.572. The van der Waals surface area contributed by atoms with E-state index in [4.69, 9.17) is 16.3 Å². The summed E-state index contributed by atoms with van der Waals surface area (Å²) in [5.74, 6) is 0.609. The second kappa shape index (κ2) is 3.14. The lowest BCUT2D eigenvalue weighted by molar-refractivity contribution is 0.147. The van der Waals surface area contributed by atoms with Gasteiger partial charge in [-0.2, -0.15) is 0 Å². The van der Waals surface area contributed by atoms with E-state index in [-0.39, 0.29) is 0 Å². The van der Waals surface area contributed by atoms with Crippen molar-refractivity contribution in [2.75, 3.05) is 7.11 Å². The van der Waals surface area contributed by atoms with E-state index in [0.717, 1.165) is 24.0 Å². The molecule has 0 radical (unpaired) electrons. The Labute approximate surface area is 88.5 Å². The van der Waals surface area contributed by atoms with Crippen LogP contribution >= 0.6 is 11.6 Å². The minimum Gasteiger partial charge on any atom is -0.495 e. The lowest BCUT2D eigenvalue weighted by atomic mass is 10.0. The van der Waals surface area contributed by atoms with Gasteiger partial charge in [0.05, 0.1) is 17.7 Å². The molecule has 0 heterocycles. The zero-order chi connectivity index (χ0) is 10.3. The van der Waals surface area contributed by atoms with Crippen molar-refractivity contribution in [1.29, 1.82) is 0 Å². The molecule has 1 aromatic carbocycles. The van der Waals surface area contributed by atoms with Crippen LogP contribution in [0.25, 0.3) is 0 Å². The van der Waals surface area contributed by atoms with Gasteiger partial charge < -0.3 is 9.84 Å². The predicted octanol–water partition coefficient (Wildman–Crippen LogP) is 2.64. The van der Waals surface area contributed by atoms with Crippen LogP contribution in [0.5, 0.6) is 5.75 Å². The SMILES string of the molecule is COc1c(Cl)cc(C)cc1C1(O)CC1. The quantitative estimate of drug-likeness (QED) is 0.817. The maximum absolute atomic E-state index is 10.0. The van der Waals surface area contributed by atoms with Gasteiger partial charge >= 0.3 is 0 Å². The fourth-order valence-electron chi connectivity index (χ4n) is 1.67. The molecule has 0 bridgehead atoms. The standard InChI is InChI=1S/C11H13ClO2/c1-7-5-8(11(13)3-4-11)10(14-2)9(12)6-7/h5-6,13H,3-4H2,1-2H3. The molecule has 14 heavy (non-hydrogen) atoms. The molecule has 0 aliphatic heterocycles. The van der Waals surface area contributed by atoms with Crippen molar-refractivity contribution in [3.8, 4) is 5.75 Å². The van der Waals surface area contributed by atoms with Crippen molar-refractivity contribution >= 4 is 11.6 Å². The molecule has 1 saturated carbocycles. The molecule has 0 aromatic heterocycles. The first-order valence-corrected chi connectivity index (χ1v) is 5.01. The molecule has 1 aromatic rings. The number of aliphatic hydroxyl groups is 1. The highest BCUT2D eigenvalue weighted by atomic mass is 35.5. The second-order valence-corrected chi connectivity index (χ2v) is 4.27. The first-order valence-electron chi connectivity index (χ1n) is 4.64. The van der Waals surface area contributed by atoms with E-state index < -0.39 is 5.60 Å². The highest BCUT2D eigenvalue weighted by Crippen LogP contribution is 2.50. The third-order valence-corrected chi connectivity index (χ3v) is 2.90. The number of ether oxygens (including phenoxy) is 1. The average Bonchev–Trinajstić information content (AvgIpc) is 2.84. The summed E-state index contributed by atoms with van der Waals surface area (Å²) in [5.41, 5.74) is 1.18. The van der Waals surface area contributed by atoms with Crippen LogP contribution in [0.4, 0.5) is 0 Å². The number of hydrogen-bond acceptors (Lipinski definition) is 2. The Kier molecular flexibility index (Phi) is 2.20. The summed E-state index contributed by atoms with van der Waals surface area (Å²) in [6.45, 7) is 1.96. The molecule has 2 nitrogen and oxygen atoms in total. The first kappa shape index (κ1) is 9.81. The van der Waals surface area contributed by atoms with E-state index in [9.17, 15) is 5.11 Å². The number of benzene rings is 1. The molecule has 1 N–H and O–H groups in total. The molecule has 0 spiro atoms. The summed E-state index contributed by atoms with van der Waals surface area (Å²) in [6, 6.07) is 3.79. The Morgan fingerprint density at radius 2 is 2.07 bits per heavy atom. The predicted molar refractivity (Wildman–Crippen MR) is 55.9 cm³/mol. The molecule has 0 unspecified atom stereocenters. The van der Waals surface area contributed by atoms with E-state index in [1.54, 1.807) is 7.11 Å². The largest absolute Gasteiger partial charge is 0.495 e. The van der Waals surface area contributed by atoms with Crippen molar-refractivity contribution < 1.29 is 9.84 Å². The fraction of sp³-hybridized carbons (Fsp3) is 0.455. The number of aryl methyl sites for hydroxylation is 1. The van der Waals surface area contributed by atoms with Crippen molar-refractivity contribution in [3.05, 3.63) is 28.3 Å². The van der Waals surface area contributed by atoms with Gasteiger partial charge in [-0.1, -0.05) is 11.6 Å². The molecule has 0 atom stereocenters. The van der Waals surface area contributed by atoms with E-state index >= 15 is 0 Å². The zero-order valence-electron chi connectivity index (χ0n) is 8.30. The van der Waals surface area contributed by atoms with Gasteiger partial charge in [-0.15, -0.1) is 0 Å². The molecular weight excluding hydrogens is 200 g/mol. The third kappa shape index (κ3) is 1.49. The molecule has 0 amide bonds. The van der Waals surface area contributed by atoms with Gasteiger partial charge in [0.15, 0.2) is 0 Å². The number of rotatable bonds is 2. The maximum Gasteiger partial charge on any atom is 0.143 e. The lowest BCUT2D eigenvalue weighted by Gasteiger charge is -2.15. The number of halogens is 1. The van der Waals surface area contributed by atoms with Crippen LogP contribution in [0.3, 0.4) is 0 Å². The van der Waals surface area contributed by atoms with Gasteiger partial charge in [0, 0.05) is 5.56 Å². The summed E-state index contributed by atoms with van der Waals surface area (Å²) < 4.78 is 5.21. The molecule has 2 rings (SSSR count). The van der Waals surface area contributed by atoms with Crippen molar-refractivity contribution in [2.45, 2.75) is 25.4 Å². The molecule has 76 valence electrons. The molecule has 1 aliphatic carbocycles. The van der Waals surface area contributed by atoms with Crippen LogP contribution in [0.1, 0.15) is 24.0 Å². The van der Waals surface area contributed by atoms with Crippen LogP contribution < -0.4 is 4.74 Å². The summed E-state index contributed by atoms with van der Waals surface area (Å²) >= 11 is 6.03. The maximum atomic E-state index is 10.0. The molecule has 1 fully saturated rings. The van der Waals surface area contributed by atoms with E-state index in [1.165, 1.54) is 0 Å². The Balaban J connectivity index is 2.56. The molecular formula is C11H13ClO2. The first-order chi connectivity index (χ1) is 6.57. The van der Waals surface area contributed by atoms with Gasteiger partial charge in [-0.25, -0.2) is 0 Å². The number of hydrogen-bond donors (Lipinski definition) is 1. The van der Waals surface area contributed by atoms with Crippen LogP contribution in [-0.2, 0) is 5.60 Å². The second-order valence-electron chi connectivity index (χ2n) is 3.86. The number of methoxy groups -OCH3 is 1. The topological polar surface area (TPSA) is 29.5 Å². The van der Waals surface area contributed by atoms with Gasteiger partial charge in [0.25, 0.3) is 0 Å². The summed E-state index contributed by atoms with van der Waals surface area (Å²) in [6.07, 6.45) is 1.59. The van der Waals surface area contributed by atoms with E-state index in [1.807, 2.05) is 19.1 Å². The molecule has 3 heteroatoms.